The maximum atomic E-state index is 9.25. The summed E-state index contributed by atoms with van der Waals surface area (Å²) in [6.45, 7) is 13.9. The van der Waals surface area contributed by atoms with Gasteiger partial charge in [0.05, 0.1) is 6.61 Å². The van der Waals surface area contributed by atoms with Crippen molar-refractivity contribution in [2.24, 2.45) is 5.92 Å². The number of hydrogen-bond donors (Lipinski definition) is 1. The number of allylic oxidation sites excluding steroid dienone is 1. The summed E-state index contributed by atoms with van der Waals surface area (Å²) in [6.07, 6.45) is 5.07. The molecule has 3 heteroatoms. The summed E-state index contributed by atoms with van der Waals surface area (Å²) in [5, 5.41) is 9.25. The molecule has 2 atom stereocenters. The largest absolute Gasteiger partial charge is 0.396 e. The third-order valence-electron chi connectivity index (χ3n) is 3.64. The molecule has 106 valence electrons. The molecule has 18 heavy (non-hydrogen) atoms. The van der Waals surface area contributed by atoms with E-state index in [2.05, 4.69) is 51.7 Å². The lowest BCUT2D eigenvalue weighted by atomic mass is 9.90. The van der Waals surface area contributed by atoms with Gasteiger partial charge in [0, 0.05) is 18.2 Å². The summed E-state index contributed by atoms with van der Waals surface area (Å²) in [6, 6.07) is 0.336. The summed E-state index contributed by atoms with van der Waals surface area (Å²) in [5.74, 6) is 0.348. The molecule has 1 N–H and O–H groups in total. The first kappa shape index (κ1) is 15.7. The van der Waals surface area contributed by atoms with Gasteiger partial charge < -0.3 is 9.84 Å². The predicted octanol–water partition coefficient (Wildman–Crippen LogP) is 2.80. The van der Waals surface area contributed by atoms with E-state index in [0.717, 1.165) is 13.0 Å². The van der Waals surface area contributed by atoms with Crippen molar-refractivity contribution in [3.8, 4) is 0 Å². The second kappa shape index (κ2) is 5.72. The fourth-order valence-electron chi connectivity index (χ4n) is 3.27. The molecule has 0 aromatic heterocycles. The lowest BCUT2D eigenvalue weighted by Gasteiger charge is -2.45. The molecule has 1 aliphatic rings. The van der Waals surface area contributed by atoms with Crippen molar-refractivity contribution >= 4 is 0 Å². The van der Waals surface area contributed by atoms with Crippen LogP contribution >= 0.6 is 0 Å². The Morgan fingerprint density at radius 2 is 2.06 bits per heavy atom. The van der Waals surface area contributed by atoms with Gasteiger partial charge in [0.1, 0.15) is 5.72 Å². The van der Waals surface area contributed by atoms with Crippen LogP contribution in [-0.4, -0.2) is 40.5 Å². The Hall–Kier alpha value is -0.380. The summed E-state index contributed by atoms with van der Waals surface area (Å²) < 4.78 is 5.98. The molecule has 0 bridgehead atoms. The highest BCUT2D eigenvalue weighted by Gasteiger charge is 2.48. The Morgan fingerprint density at radius 1 is 1.44 bits per heavy atom. The zero-order valence-electron chi connectivity index (χ0n) is 12.7. The Bertz CT molecular complexity index is 291. The van der Waals surface area contributed by atoms with Crippen molar-refractivity contribution in [3.05, 3.63) is 12.2 Å². The molecule has 1 fully saturated rings. The lowest BCUT2D eigenvalue weighted by molar-refractivity contribution is -0.0944. The van der Waals surface area contributed by atoms with Crippen molar-refractivity contribution in [1.82, 2.24) is 4.90 Å². The molecule has 0 aliphatic carbocycles. The van der Waals surface area contributed by atoms with Crippen LogP contribution in [0.1, 0.15) is 48.0 Å². The minimum atomic E-state index is -0.238. The van der Waals surface area contributed by atoms with Gasteiger partial charge in [-0.25, -0.2) is 0 Å². The monoisotopic (exact) mass is 255 g/mol. The summed E-state index contributed by atoms with van der Waals surface area (Å²) in [4.78, 5) is 2.44. The van der Waals surface area contributed by atoms with Crippen LogP contribution < -0.4 is 0 Å². The van der Waals surface area contributed by atoms with Gasteiger partial charge in [0.2, 0.25) is 0 Å². The van der Waals surface area contributed by atoms with Crippen LogP contribution in [0.2, 0.25) is 0 Å². The molecule has 1 rings (SSSR count). The second-order valence-electron chi connectivity index (χ2n) is 6.57. The van der Waals surface area contributed by atoms with Crippen LogP contribution in [0.15, 0.2) is 12.2 Å². The standard InChI is InChI=1S/C15H29NO2/c1-7-8-12(9-10-17)13-11-18-15(5,6)16(13)14(2,3)4/h7-8,12-13,17H,9-11H2,1-6H3/t12-,13-/m1/s1. The van der Waals surface area contributed by atoms with E-state index in [9.17, 15) is 5.11 Å². The summed E-state index contributed by atoms with van der Waals surface area (Å²) in [7, 11) is 0. The molecule has 0 aromatic rings. The maximum Gasteiger partial charge on any atom is 0.116 e. The molecule has 0 amide bonds. The summed E-state index contributed by atoms with van der Waals surface area (Å²) in [5.41, 5.74) is -0.182. The molecule has 1 saturated heterocycles. The quantitative estimate of drug-likeness (QED) is 0.784. The summed E-state index contributed by atoms with van der Waals surface area (Å²) >= 11 is 0. The number of aliphatic hydroxyl groups is 1. The van der Waals surface area contributed by atoms with E-state index in [1.54, 1.807) is 0 Å². The van der Waals surface area contributed by atoms with Gasteiger partial charge in [-0.2, -0.15) is 0 Å². The van der Waals surface area contributed by atoms with Crippen molar-refractivity contribution in [2.45, 2.75) is 65.3 Å². The third-order valence-corrected chi connectivity index (χ3v) is 3.64. The van der Waals surface area contributed by atoms with E-state index in [1.165, 1.54) is 0 Å². The molecule has 0 unspecified atom stereocenters. The number of rotatable bonds is 4. The molecule has 1 aliphatic heterocycles. The zero-order chi connectivity index (χ0) is 14.0. The number of aliphatic hydroxyl groups excluding tert-OH is 1. The zero-order valence-corrected chi connectivity index (χ0v) is 12.7. The van der Waals surface area contributed by atoms with E-state index >= 15 is 0 Å². The first-order chi connectivity index (χ1) is 8.24. The highest BCUT2D eigenvalue weighted by molar-refractivity contribution is 5.02. The smallest absolute Gasteiger partial charge is 0.116 e. The fraction of sp³-hybridized carbons (Fsp3) is 0.867. The number of nitrogens with zero attached hydrogens (tertiary/aromatic N) is 1. The molecule has 1 heterocycles. The maximum absolute atomic E-state index is 9.25. The Morgan fingerprint density at radius 3 is 2.50 bits per heavy atom. The normalized spacial score (nSPS) is 26.9. The van der Waals surface area contributed by atoms with E-state index in [1.807, 2.05) is 6.92 Å². The van der Waals surface area contributed by atoms with Crippen LogP contribution in [0.3, 0.4) is 0 Å². The topological polar surface area (TPSA) is 32.7 Å². The molecule has 0 saturated carbocycles. The Kier molecular flexibility index (Phi) is 4.98. The van der Waals surface area contributed by atoms with E-state index in [0.29, 0.717) is 12.0 Å². The van der Waals surface area contributed by atoms with E-state index < -0.39 is 0 Å². The van der Waals surface area contributed by atoms with Crippen LogP contribution in [0.5, 0.6) is 0 Å². The highest BCUT2D eigenvalue weighted by Crippen LogP contribution is 2.38. The number of ether oxygens (including phenoxy) is 1. The predicted molar refractivity (Wildman–Crippen MR) is 75.4 cm³/mol. The average Bonchev–Trinajstić information content (AvgIpc) is 2.53. The lowest BCUT2D eigenvalue weighted by Crippen LogP contribution is -2.56. The molecule has 3 nitrogen and oxygen atoms in total. The van der Waals surface area contributed by atoms with Crippen molar-refractivity contribution < 1.29 is 9.84 Å². The first-order valence-corrected chi connectivity index (χ1v) is 6.91. The number of hydrogen-bond acceptors (Lipinski definition) is 3. The SMILES string of the molecule is CC=C[C@H](CCO)[C@H]1COC(C)(C)N1C(C)(C)C. The minimum absolute atomic E-state index is 0.0555. The molecule has 0 radical (unpaired) electrons. The minimum Gasteiger partial charge on any atom is -0.396 e. The van der Waals surface area contributed by atoms with Crippen molar-refractivity contribution in [3.63, 3.8) is 0 Å². The highest BCUT2D eigenvalue weighted by atomic mass is 16.5. The van der Waals surface area contributed by atoms with Gasteiger partial charge in [0.15, 0.2) is 0 Å². The van der Waals surface area contributed by atoms with Crippen LogP contribution in [0, 0.1) is 5.92 Å². The molecular weight excluding hydrogens is 226 g/mol. The van der Waals surface area contributed by atoms with Crippen LogP contribution in [0.25, 0.3) is 0 Å². The van der Waals surface area contributed by atoms with Gasteiger partial charge in [-0.3, -0.25) is 4.90 Å². The van der Waals surface area contributed by atoms with Crippen LogP contribution in [0.4, 0.5) is 0 Å². The van der Waals surface area contributed by atoms with Crippen LogP contribution in [-0.2, 0) is 4.74 Å². The van der Waals surface area contributed by atoms with E-state index in [-0.39, 0.29) is 17.9 Å². The first-order valence-electron chi connectivity index (χ1n) is 6.91. The van der Waals surface area contributed by atoms with Gasteiger partial charge >= 0.3 is 0 Å². The molecule has 0 spiro atoms. The van der Waals surface area contributed by atoms with Gasteiger partial charge in [-0.1, -0.05) is 12.2 Å². The van der Waals surface area contributed by atoms with E-state index in [4.69, 9.17) is 4.74 Å². The molecule has 0 aromatic carbocycles. The Balaban J connectivity index is 2.99. The molecular formula is C15H29NO2. The average molecular weight is 255 g/mol. The van der Waals surface area contributed by atoms with Gasteiger partial charge in [0.25, 0.3) is 0 Å². The van der Waals surface area contributed by atoms with Gasteiger partial charge in [-0.05, 0) is 53.9 Å². The fourth-order valence-corrected chi connectivity index (χ4v) is 3.27. The van der Waals surface area contributed by atoms with Gasteiger partial charge in [-0.15, -0.1) is 0 Å². The third kappa shape index (κ3) is 3.34. The Labute approximate surface area is 112 Å². The second-order valence-corrected chi connectivity index (χ2v) is 6.57. The van der Waals surface area contributed by atoms with Crippen molar-refractivity contribution in [1.29, 1.82) is 0 Å². The van der Waals surface area contributed by atoms with Crippen molar-refractivity contribution in [2.75, 3.05) is 13.2 Å².